The van der Waals surface area contributed by atoms with Crippen molar-refractivity contribution in [2.45, 2.75) is 182 Å². The predicted molar refractivity (Wildman–Crippen MR) is 286 cm³/mol. The van der Waals surface area contributed by atoms with Gasteiger partial charge in [0.15, 0.2) is 0 Å². The van der Waals surface area contributed by atoms with Gasteiger partial charge in [0.05, 0.1) is 24.4 Å². The molecule has 6 heteroatoms. The molecule has 0 unspecified atom stereocenters. The number of hydrogen-bond acceptors (Lipinski definition) is 5. The summed E-state index contributed by atoms with van der Waals surface area (Å²) in [6.45, 7) is 28.1. The van der Waals surface area contributed by atoms with Gasteiger partial charge in [-0.1, -0.05) is 168 Å². The molecule has 1 aromatic heterocycles. The van der Waals surface area contributed by atoms with Gasteiger partial charge in [0, 0.05) is 31.2 Å². The van der Waals surface area contributed by atoms with Crippen LogP contribution in [0, 0.1) is 0 Å². The zero-order valence-electron chi connectivity index (χ0n) is 42.7. The molecule has 352 valence electrons. The summed E-state index contributed by atoms with van der Waals surface area (Å²) in [6, 6.07) is 34.7. The number of thiophene rings is 1. The summed E-state index contributed by atoms with van der Waals surface area (Å²) in [7, 11) is -0.521. The van der Waals surface area contributed by atoms with Crippen molar-refractivity contribution in [1.82, 2.24) is 0 Å². The topological polar surface area (TPSA) is 36.9 Å². The molecule has 2 heterocycles. The van der Waals surface area contributed by atoms with E-state index >= 15 is 0 Å². The Kier molecular flexibility index (Phi) is 15.9. The number of rotatable bonds is 20. The third-order valence-corrected chi connectivity index (χ3v) is 15.2. The van der Waals surface area contributed by atoms with Gasteiger partial charge >= 0.3 is 7.12 Å². The highest BCUT2D eigenvalue weighted by Gasteiger charge is 2.52. The van der Waals surface area contributed by atoms with E-state index in [-0.39, 0.29) is 10.8 Å². The first kappa shape index (κ1) is 49.8. The van der Waals surface area contributed by atoms with Crippen LogP contribution in [0.2, 0.25) is 0 Å². The molecule has 4 nitrogen and oxygen atoms in total. The Morgan fingerprint density at radius 1 is 0.470 bits per heavy atom. The Morgan fingerprint density at radius 3 is 1.35 bits per heavy atom. The van der Waals surface area contributed by atoms with Crippen LogP contribution in [0.15, 0.2) is 91.0 Å². The van der Waals surface area contributed by atoms with Gasteiger partial charge in [0.1, 0.15) is 11.5 Å². The minimum Gasteiger partial charge on any atom is -0.494 e. The monoisotopic (exact) mass is 907 g/mol. The molecule has 0 amide bonds. The Morgan fingerprint density at radius 2 is 0.879 bits per heavy atom. The molecular weight excluding hydrogens is 828 g/mol. The average molecular weight is 907 g/mol. The molecule has 1 aliphatic heterocycles. The maximum Gasteiger partial charge on any atom is 0.498 e. The first-order valence-corrected chi connectivity index (χ1v) is 26.2. The van der Waals surface area contributed by atoms with E-state index in [1.54, 1.807) is 0 Å². The third-order valence-electron chi connectivity index (χ3n) is 14.1. The Balaban J connectivity index is 1.35. The summed E-state index contributed by atoms with van der Waals surface area (Å²) in [4.78, 5) is 0. The van der Waals surface area contributed by atoms with E-state index in [2.05, 4.69) is 174 Å². The lowest BCUT2D eigenvalue weighted by atomic mass is 9.78. The lowest BCUT2D eigenvalue weighted by molar-refractivity contribution is 0.00578. The first-order valence-electron chi connectivity index (χ1n) is 25.4. The van der Waals surface area contributed by atoms with Gasteiger partial charge in [-0.2, -0.15) is 0 Å². The van der Waals surface area contributed by atoms with Gasteiger partial charge in [-0.25, -0.2) is 0 Å². The van der Waals surface area contributed by atoms with Crippen LogP contribution in [-0.4, -0.2) is 31.5 Å². The maximum absolute atomic E-state index is 6.96. The minimum atomic E-state index is -0.521. The van der Waals surface area contributed by atoms with Crippen molar-refractivity contribution >= 4 is 44.1 Å². The molecular formula is C60H79BO4S. The molecule has 5 aromatic carbocycles. The molecule has 7 rings (SSSR count). The van der Waals surface area contributed by atoms with Crippen LogP contribution < -0.4 is 14.9 Å². The van der Waals surface area contributed by atoms with Crippen LogP contribution in [0.5, 0.6) is 11.5 Å². The molecule has 0 saturated carbocycles. The third kappa shape index (κ3) is 11.8. The fourth-order valence-corrected chi connectivity index (χ4v) is 10.2. The number of hydrogen-bond donors (Lipinski definition) is 0. The smallest absolute Gasteiger partial charge is 0.494 e. The molecule has 1 aliphatic rings. The van der Waals surface area contributed by atoms with Crippen molar-refractivity contribution in [3.05, 3.63) is 102 Å². The highest BCUT2D eigenvalue weighted by molar-refractivity contribution is 7.26. The van der Waals surface area contributed by atoms with E-state index in [0.29, 0.717) is 13.2 Å². The maximum atomic E-state index is 6.96. The average Bonchev–Trinajstić information content (AvgIpc) is 3.74. The highest BCUT2D eigenvalue weighted by Crippen LogP contribution is 2.45. The van der Waals surface area contributed by atoms with E-state index in [9.17, 15) is 0 Å². The second-order valence-corrected chi connectivity index (χ2v) is 23.2. The van der Waals surface area contributed by atoms with Crippen molar-refractivity contribution in [2.24, 2.45) is 0 Å². The molecule has 0 spiro atoms. The molecule has 0 bridgehead atoms. The Hall–Kier alpha value is -4.10. The summed E-state index contributed by atoms with van der Waals surface area (Å²) in [5, 5.41) is 2.37. The largest absolute Gasteiger partial charge is 0.498 e. The van der Waals surface area contributed by atoms with Gasteiger partial charge in [-0.3, -0.25) is 0 Å². The molecule has 0 atom stereocenters. The van der Waals surface area contributed by atoms with E-state index in [1.165, 1.54) is 118 Å². The second-order valence-electron chi connectivity index (χ2n) is 22.1. The quantitative estimate of drug-likeness (QED) is 0.0565. The van der Waals surface area contributed by atoms with Crippen molar-refractivity contribution in [3.63, 3.8) is 0 Å². The van der Waals surface area contributed by atoms with Crippen LogP contribution in [0.3, 0.4) is 0 Å². The van der Waals surface area contributed by atoms with Crippen LogP contribution in [0.4, 0.5) is 0 Å². The SMILES string of the molecule is CCCCCCCCOc1cc2c(cc1B1OC(C)(C)C(C)(C)O1)sc1cc(-c3cc(-c4ccc(C(C)(C)C)cc4)cc(-c4ccc(C(C)(C)C)cc4)c3)c(OCCCCCCCC)cc12. The summed E-state index contributed by atoms with van der Waals surface area (Å²) in [5.41, 5.74) is 9.93. The summed E-state index contributed by atoms with van der Waals surface area (Å²) >= 11 is 1.83. The minimum absolute atomic E-state index is 0.0775. The molecule has 66 heavy (non-hydrogen) atoms. The summed E-state index contributed by atoms with van der Waals surface area (Å²) in [5.74, 6) is 1.77. The number of benzene rings is 5. The summed E-state index contributed by atoms with van der Waals surface area (Å²) < 4.78 is 29.5. The normalized spacial score (nSPS) is 15.0. The molecule has 1 fully saturated rings. The van der Waals surface area contributed by atoms with E-state index in [4.69, 9.17) is 18.8 Å². The van der Waals surface area contributed by atoms with Crippen molar-refractivity contribution < 1.29 is 18.8 Å². The van der Waals surface area contributed by atoms with Gasteiger partial charge in [-0.15, -0.1) is 11.3 Å². The standard InChI is InChI=1S/C60H79BO4S/c1-13-15-17-19-21-23-33-62-53-38-50-51-39-54(63-34-24-22-20-18-16-14-2)52(61-64-59(9,10)60(11,12)65-61)41-56(51)66-55(50)40-49(53)46-36-44(42-25-29-47(30-26-42)57(3,4)5)35-45(37-46)43-27-31-48(32-28-43)58(6,7)8/h25-32,35-41H,13-24,33-34H2,1-12H3. The molecule has 1 saturated heterocycles. The van der Waals surface area contributed by atoms with Crippen molar-refractivity contribution in [2.75, 3.05) is 13.2 Å². The number of unbranched alkanes of at least 4 members (excludes halogenated alkanes) is 10. The van der Waals surface area contributed by atoms with E-state index < -0.39 is 18.3 Å². The van der Waals surface area contributed by atoms with Crippen LogP contribution >= 0.6 is 11.3 Å². The van der Waals surface area contributed by atoms with Gasteiger partial charge in [0.25, 0.3) is 0 Å². The number of fused-ring (bicyclic) bond motifs is 3. The first-order chi connectivity index (χ1) is 31.4. The van der Waals surface area contributed by atoms with Crippen molar-refractivity contribution in [1.29, 1.82) is 0 Å². The predicted octanol–water partition coefficient (Wildman–Crippen LogP) is 17.4. The second kappa shape index (κ2) is 21.0. The Labute approximate surface area is 403 Å². The molecule has 0 aliphatic carbocycles. The lowest BCUT2D eigenvalue weighted by Gasteiger charge is -2.32. The molecule has 0 N–H and O–H groups in total. The molecule has 0 radical (unpaired) electrons. The highest BCUT2D eigenvalue weighted by atomic mass is 32.1. The van der Waals surface area contributed by atoms with Gasteiger partial charge < -0.3 is 18.8 Å². The molecule has 6 aromatic rings. The zero-order valence-corrected chi connectivity index (χ0v) is 43.5. The fourth-order valence-electron chi connectivity index (χ4n) is 9.04. The van der Waals surface area contributed by atoms with Crippen LogP contribution in [0.25, 0.3) is 53.6 Å². The van der Waals surface area contributed by atoms with Gasteiger partial charge in [-0.05, 0) is 133 Å². The van der Waals surface area contributed by atoms with E-state index in [0.717, 1.165) is 40.9 Å². The van der Waals surface area contributed by atoms with Crippen LogP contribution in [0.1, 0.15) is 171 Å². The Bertz CT molecular complexity index is 2440. The van der Waals surface area contributed by atoms with Gasteiger partial charge in [0.2, 0.25) is 0 Å². The zero-order chi connectivity index (χ0) is 47.3. The fraction of sp³-hybridized carbons (Fsp3) is 0.500. The number of ether oxygens (including phenoxy) is 2. The van der Waals surface area contributed by atoms with Crippen molar-refractivity contribution in [3.8, 4) is 44.9 Å². The van der Waals surface area contributed by atoms with Crippen LogP contribution in [-0.2, 0) is 20.1 Å². The van der Waals surface area contributed by atoms with E-state index in [1.807, 2.05) is 11.3 Å². The lowest BCUT2D eigenvalue weighted by Crippen LogP contribution is -2.41. The summed E-state index contributed by atoms with van der Waals surface area (Å²) in [6.07, 6.45) is 14.6.